The highest BCUT2D eigenvalue weighted by atomic mass is 32.2. The van der Waals surface area contributed by atoms with Gasteiger partial charge in [0.2, 0.25) is 0 Å². The molecule has 0 radical (unpaired) electrons. The van der Waals surface area contributed by atoms with E-state index >= 15 is 0 Å². The third-order valence-electron chi connectivity index (χ3n) is 3.06. The Hall–Kier alpha value is -1.70. The number of rotatable bonds is 6. The summed E-state index contributed by atoms with van der Waals surface area (Å²) < 4.78 is 23.0. The van der Waals surface area contributed by atoms with Crippen LogP contribution in [-0.2, 0) is 21.2 Å². The number of hydrogen-bond acceptors (Lipinski definition) is 4. The predicted molar refractivity (Wildman–Crippen MR) is 88.0 cm³/mol. The molecule has 0 saturated carbocycles. The zero-order valence-corrected chi connectivity index (χ0v) is 14.1. The van der Waals surface area contributed by atoms with Crippen molar-refractivity contribution in [2.45, 2.75) is 11.4 Å². The topological polar surface area (TPSA) is 67.7 Å². The van der Waals surface area contributed by atoms with Crippen LogP contribution in [0.15, 0.2) is 46.7 Å². The number of amides is 1. The van der Waals surface area contributed by atoms with E-state index in [0.717, 1.165) is 17.7 Å². The molecule has 0 saturated heterocycles. The lowest BCUT2D eigenvalue weighted by Crippen LogP contribution is -3.08. The maximum absolute atomic E-state index is 12.0. The van der Waals surface area contributed by atoms with Crippen LogP contribution < -0.4 is 10.2 Å². The largest absolute Gasteiger partial charge is 0.325 e. The van der Waals surface area contributed by atoms with Crippen molar-refractivity contribution >= 4 is 32.8 Å². The first kappa shape index (κ1) is 16.7. The SMILES string of the molecule is C[NH+](CC(=O)Nc1cccc(S(C)(=O)=O)c1)Cc1cccs1. The van der Waals surface area contributed by atoms with E-state index in [4.69, 9.17) is 0 Å². The van der Waals surface area contributed by atoms with Gasteiger partial charge in [0.1, 0.15) is 6.54 Å². The van der Waals surface area contributed by atoms with Gasteiger partial charge in [0.15, 0.2) is 16.4 Å². The molecule has 0 aliphatic carbocycles. The number of carbonyl (C=O) groups is 1. The first-order valence-corrected chi connectivity index (χ1v) is 9.55. The van der Waals surface area contributed by atoms with E-state index in [1.165, 1.54) is 17.0 Å². The molecule has 0 aliphatic heterocycles. The molecule has 2 rings (SSSR count). The number of thiophene rings is 1. The van der Waals surface area contributed by atoms with Crippen LogP contribution in [0, 0.1) is 0 Å². The zero-order valence-electron chi connectivity index (χ0n) is 12.5. The van der Waals surface area contributed by atoms with E-state index in [-0.39, 0.29) is 10.8 Å². The van der Waals surface area contributed by atoms with Crippen molar-refractivity contribution in [3.63, 3.8) is 0 Å². The summed E-state index contributed by atoms with van der Waals surface area (Å²) in [5.41, 5.74) is 0.497. The lowest BCUT2D eigenvalue weighted by Gasteiger charge is -2.13. The van der Waals surface area contributed by atoms with Crippen molar-refractivity contribution in [1.82, 2.24) is 0 Å². The maximum atomic E-state index is 12.0. The fourth-order valence-corrected chi connectivity index (χ4v) is 3.54. The first-order valence-electron chi connectivity index (χ1n) is 6.78. The lowest BCUT2D eigenvalue weighted by atomic mass is 10.3. The number of sulfone groups is 1. The minimum Gasteiger partial charge on any atom is -0.325 e. The van der Waals surface area contributed by atoms with Gasteiger partial charge in [-0.25, -0.2) is 8.42 Å². The van der Waals surface area contributed by atoms with Gasteiger partial charge >= 0.3 is 0 Å². The fraction of sp³-hybridized carbons (Fsp3) is 0.267. The van der Waals surface area contributed by atoms with Gasteiger partial charge in [0, 0.05) is 11.9 Å². The van der Waals surface area contributed by atoms with Crippen molar-refractivity contribution in [3.8, 4) is 0 Å². The standard InChI is InChI=1S/C15H18N2O3S2/c1-17(10-13-6-4-8-21-13)11-15(18)16-12-5-3-7-14(9-12)22(2,19)20/h3-9H,10-11H2,1-2H3,(H,16,18)/p+1. The van der Waals surface area contributed by atoms with Gasteiger partial charge in [-0.3, -0.25) is 4.79 Å². The number of hydrogen-bond donors (Lipinski definition) is 2. The van der Waals surface area contributed by atoms with Gasteiger partial charge < -0.3 is 10.2 Å². The summed E-state index contributed by atoms with van der Waals surface area (Å²) in [5, 5.41) is 4.76. The number of benzene rings is 1. The van der Waals surface area contributed by atoms with E-state index < -0.39 is 9.84 Å². The molecular weight excluding hydrogens is 320 g/mol. The van der Waals surface area contributed by atoms with Gasteiger partial charge in [-0.1, -0.05) is 12.1 Å². The van der Waals surface area contributed by atoms with Crippen LogP contribution in [0.3, 0.4) is 0 Å². The molecule has 5 nitrogen and oxygen atoms in total. The predicted octanol–water partition coefficient (Wildman–Crippen LogP) is 0.805. The quantitative estimate of drug-likeness (QED) is 0.818. The second kappa shape index (κ2) is 7.04. The Labute approximate surface area is 134 Å². The molecule has 1 aromatic heterocycles. The van der Waals surface area contributed by atoms with Crippen molar-refractivity contribution in [2.24, 2.45) is 0 Å². The highest BCUT2D eigenvalue weighted by Crippen LogP contribution is 2.15. The van der Waals surface area contributed by atoms with Crippen LogP contribution in [0.25, 0.3) is 0 Å². The summed E-state index contributed by atoms with van der Waals surface area (Å²) in [7, 11) is -1.32. The Bertz CT molecular complexity index is 740. The summed E-state index contributed by atoms with van der Waals surface area (Å²) in [6.45, 7) is 1.11. The highest BCUT2D eigenvalue weighted by Gasteiger charge is 2.13. The molecule has 7 heteroatoms. The summed E-state index contributed by atoms with van der Waals surface area (Å²) in [6.07, 6.45) is 1.15. The molecule has 0 aliphatic rings. The number of nitrogens with one attached hydrogen (secondary N) is 2. The number of quaternary nitrogens is 1. The highest BCUT2D eigenvalue weighted by molar-refractivity contribution is 7.90. The van der Waals surface area contributed by atoms with Crippen molar-refractivity contribution in [3.05, 3.63) is 46.7 Å². The lowest BCUT2D eigenvalue weighted by molar-refractivity contribution is -0.884. The molecule has 118 valence electrons. The number of anilines is 1. The van der Waals surface area contributed by atoms with Gasteiger partial charge in [0.05, 0.1) is 16.8 Å². The summed E-state index contributed by atoms with van der Waals surface area (Å²) in [4.78, 5) is 14.5. The smallest absolute Gasteiger partial charge is 0.279 e. The van der Waals surface area contributed by atoms with Crippen LogP contribution >= 0.6 is 11.3 Å². The molecule has 1 heterocycles. The Morgan fingerprint density at radius 1 is 1.27 bits per heavy atom. The van der Waals surface area contributed by atoms with Crippen LogP contribution in [0.4, 0.5) is 5.69 Å². The van der Waals surface area contributed by atoms with Gasteiger partial charge in [-0.15, -0.1) is 11.3 Å². The minimum absolute atomic E-state index is 0.139. The summed E-state index contributed by atoms with van der Waals surface area (Å²) in [5.74, 6) is -0.139. The molecule has 0 bridgehead atoms. The Morgan fingerprint density at radius 2 is 2.05 bits per heavy atom. The van der Waals surface area contributed by atoms with E-state index in [0.29, 0.717) is 12.2 Å². The molecule has 1 atom stereocenters. The molecule has 0 spiro atoms. The van der Waals surface area contributed by atoms with Gasteiger partial charge in [-0.05, 0) is 29.6 Å². The number of likely N-dealkylation sites (N-methyl/N-ethyl adjacent to an activating group) is 1. The zero-order chi connectivity index (χ0) is 16.2. The summed E-state index contributed by atoms with van der Waals surface area (Å²) in [6, 6.07) is 10.3. The Kier molecular flexibility index (Phi) is 5.33. The number of carbonyl (C=O) groups excluding carboxylic acids is 1. The van der Waals surface area contributed by atoms with E-state index in [1.807, 2.05) is 24.6 Å². The minimum atomic E-state index is -3.27. The normalized spacial score (nSPS) is 12.8. The Morgan fingerprint density at radius 3 is 2.68 bits per heavy atom. The monoisotopic (exact) mass is 339 g/mol. The molecule has 2 N–H and O–H groups in total. The molecule has 22 heavy (non-hydrogen) atoms. The summed E-state index contributed by atoms with van der Waals surface area (Å²) >= 11 is 1.67. The molecular formula is C15H19N2O3S2+. The second-order valence-electron chi connectivity index (χ2n) is 5.24. The van der Waals surface area contributed by atoms with E-state index in [1.54, 1.807) is 23.5 Å². The fourth-order valence-electron chi connectivity index (χ4n) is 2.06. The third-order valence-corrected chi connectivity index (χ3v) is 5.05. The van der Waals surface area contributed by atoms with E-state index in [9.17, 15) is 13.2 Å². The van der Waals surface area contributed by atoms with Crippen LogP contribution in [0.5, 0.6) is 0 Å². The van der Waals surface area contributed by atoms with Gasteiger partial charge in [-0.2, -0.15) is 0 Å². The molecule has 0 fully saturated rings. The maximum Gasteiger partial charge on any atom is 0.279 e. The second-order valence-corrected chi connectivity index (χ2v) is 8.29. The molecule has 1 unspecified atom stereocenters. The Balaban J connectivity index is 1.94. The van der Waals surface area contributed by atoms with Crippen molar-refractivity contribution < 1.29 is 18.1 Å². The third kappa shape index (κ3) is 4.94. The van der Waals surface area contributed by atoms with Crippen molar-refractivity contribution in [1.29, 1.82) is 0 Å². The van der Waals surface area contributed by atoms with Crippen LogP contribution in [-0.4, -0.2) is 34.2 Å². The van der Waals surface area contributed by atoms with Crippen molar-refractivity contribution in [2.75, 3.05) is 25.2 Å². The molecule has 1 amide bonds. The van der Waals surface area contributed by atoms with Gasteiger partial charge in [0.25, 0.3) is 5.91 Å². The first-order chi connectivity index (χ1) is 10.3. The average Bonchev–Trinajstić information content (AvgIpc) is 2.90. The molecule has 1 aromatic carbocycles. The molecule has 2 aromatic rings. The van der Waals surface area contributed by atoms with Crippen LogP contribution in [0.1, 0.15) is 4.88 Å². The van der Waals surface area contributed by atoms with Crippen LogP contribution in [0.2, 0.25) is 0 Å². The van der Waals surface area contributed by atoms with E-state index in [2.05, 4.69) is 5.32 Å². The average molecular weight is 339 g/mol.